The lowest BCUT2D eigenvalue weighted by molar-refractivity contribution is 0.352. The normalized spacial score (nSPS) is 12.5. The summed E-state index contributed by atoms with van der Waals surface area (Å²) < 4.78 is 5.58. The van der Waals surface area contributed by atoms with E-state index in [1.807, 2.05) is 19.1 Å². The van der Waals surface area contributed by atoms with Crippen LogP contribution in [-0.4, -0.2) is 18.7 Å². The van der Waals surface area contributed by atoms with Crippen LogP contribution in [0.5, 0.6) is 5.75 Å². The average Bonchev–Trinajstić information content (AvgIpc) is 2.26. The molecule has 1 aromatic carbocycles. The van der Waals surface area contributed by atoms with E-state index in [0.717, 1.165) is 17.7 Å². The molecule has 0 aromatic heterocycles. The molecule has 0 fully saturated rings. The van der Waals surface area contributed by atoms with Gasteiger partial charge in [-0.05, 0) is 43.5 Å². The van der Waals surface area contributed by atoms with Gasteiger partial charge in [0.2, 0.25) is 0 Å². The fourth-order valence-corrected chi connectivity index (χ4v) is 1.91. The van der Waals surface area contributed by atoms with Crippen molar-refractivity contribution in [1.82, 2.24) is 5.32 Å². The molecule has 0 bridgehead atoms. The number of rotatable bonds is 7. The van der Waals surface area contributed by atoms with E-state index in [1.54, 1.807) is 0 Å². The average molecular weight is 247 g/mol. The first-order valence-electron chi connectivity index (χ1n) is 6.59. The smallest absolute Gasteiger partial charge is 0.119 e. The molecule has 100 valence electrons. The van der Waals surface area contributed by atoms with Crippen molar-refractivity contribution in [2.75, 3.05) is 6.61 Å². The van der Waals surface area contributed by atoms with Crippen molar-refractivity contribution in [2.45, 2.75) is 46.2 Å². The largest absolute Gasteiger partial charge is 0.489 e. The van der Waals surface area contributed by atoms with E-state index in [2.05, 4.69) is 44.8 Å². The summed E-state index contributed by atoms with van der Waals surface area (Å²) >= 11 is 0. The highest BCUT2D eigenvalue weighted by atomic mass is 16.5. The summed E-state index contributed by atoms with van der Waals surface area (Å²) in [4.78, 5) is 0. The van der Waals surface area contributed by atoms with E-state index in [9.17, 15) is 0 Å². The molecule has 0 aliphatic heterocycles. The van der Waals surface area contributed by atoms with Gasteiger partial charge in [0.15, 0.2) is 0 Å². The summed E-state index contributed by atoms with van der Waals surface area (Å²) in [6.07, 6.45) is 1.04. The second-order valence-corrected chi connectivity index (χ2v) is 5.32. The fraction of sp³-hybridized carbons (Fsp3) is 0.500. The summed E-state index contributed by atoms with van der Waals surface area (Å²) in [5.74, 6) is 0.909. The van der Waals surface area contributed by atoms with E-state index in [4.69, 9.17) is 4.74 Å². The molecule has 1 atom stereocenters. The molecule has 1 unspecified atom stereocenters. The van der Waals surface area contributed by atoms with Crippen molar-refractivity contribution in [3.05, 3.63) is 42.0 Å². The third kappa shape index (κ3) is 5.87. The Labute approximate surface area is 111 Å². The molecule has 0 heterocycles. The van der Waals surface area contributed by atoms with E-state index >= 15 is 0 Å². The third-order valence-electron chi connectivity index (χ3n) is 2.57. The molecular weight excluding hydrogens is 222 g/mol. The Morgan fingerprint density at radius 1 is 1.22 bits per heavy atom. The Balaban J connectivity index is 2.47. The third-order valence-corrected chi connectivity index (χ3v) is 2.57. The van der Waals surface area contributed by atoms with Gasteiger partial charge in [0.05, 0.1) is 0 Å². The number of hydrogen-bond acceptors (Lipinski definition) is 2. The van der Waals surface area contributed by atoms with Crippen molar-refractivity contribution < 1.29 is 4.74 Å². The summed E-state index contributed by atoms with van der Waals surface area (Å²) in [6, 6.07) is 9.34. The predicted molar refractivity (Wildman–Crippen MR) is 78.2 cm³/mol. The maximum Gasteiger partial charge on any atom is 0.119 e. The molecular formula is C16H25NO. The Hall–Kier alpha value is -1.28. The molecule has 2 nitrogen and oxygen atoms in total. The SMILES string of the molecule is C=C(C)COc1ccc(CC(C)NC(C)C)cc1. The van der Waals surface area contributed by atoms with Crippen LogP contribution in [0.1, 0.15) is 33.3 Å². The van der Waals surface area contributed by atoms with Crippen LogP contribution >= 0.6 is 0 Å². The van der Waals surface area contributed by atoms with E-state index < -0.39 is 0 Å². The minimum atomic E-state index is 0.493. The molecule has 1 rings (SSSR count). The van der Waals surface area contributed by atoms with E-state index in [1.165, 1.54) is 5.56 Å². The van der Waals surface area contributed by atoms with Crippen LogP contribution in [0, 0.1) is 0 Å². The maximum atomic E-state index is 5.58. The number of nitrogens with one attached hydrogen (secondary N) is 1. The zero-order chi connectivity index (χ0) is 13.5. The molecule has 0 amide bonds. The van der Waals surface area contributed by atoms with Gasteiger partial charge >= 0.3 is 0 Å². The monoisotopic (exact) mass is 247 g/mol. The van der Waals surface area contributed by atoms with Crippen LogP contribution in [0.2, 0.25) is 0 Å². The van der Waals surface area contributed by atoms with Crippen molar-refractivity contribution in [3.8, 4) is 5.75 Å². The Bertz CT molecular complexity index is 367. The number of benzene rings is 1. The zero-order valence-electron chi connectivity index (χ0n) is 12.0. The lowest BCUT2D eigenvalue weighted by Crippen LogP contribution is -2.33. The van der Waals surface area contributed by atoms with Gasteiger partial charge in [-0.2, -0.15) is 0 Å². The number of ether oxygens (including phenoxy) is 1. The predicted octanol–water partition coefficient (Wildman–Crippen LogP) is 3.57. The summed E-state index contributed by atoms with van der Waals surface area (Å²) in [5.41, 5.74) is 2.37. The highest BCUT2D eigenvalue weighted by molar-refractivity contribution is 5.28. The molecule has 0 saturated heterocycles. The summed E-state index contributed by atoms with van der Waals surface area (Å²) in [5, 5.41) is 3.50. The van der Waals surface area contributed by atoms with Gasteiger partial charge < -0.3 is 10.1 Å². The minimum absolute atomic E-state index is 0.493. The van der Waals surface area contributed by atoms with Gasteiger partial charge in [-0.3, -0.25) is 0 Å². The van der Waals surface area contributed by atoms with Crippen molar-refractivity contribution in [3.63, 3.8) is 0 Å². The highest BCUT2D eigenvalue weighted by Crippen LogP contribution is 2.14. The van der Waals surface area contributed by atoms with Crippen LogP contribution in [0.3, 0.4) is 0 Å². The second kappa shape index (κ2) is 7.22. The minimum Gasteiger partial charge on any atom is -0.489 e. The first-order chi connectivity index (χ1) is 8.47. The van der Waals surface area contributed by atoms with E-state index in [-0.39, 0.29) is 0 Å². The van der Waals surface area contributed by atoms with Gasteiger partial charge in [0.25, 0.3) is 0 Å². The van der Waals surface area contributed by atoms with Crippen LogP contribution in [0.4, 0.5) is 0 Å². The molecule has 1 aromatic rings. The van der Waals surface area contributed by atoms with Crippen molar-refractivity contribution in [2.24, 2.45) is 0 Å². The first-order valence-corrected chi connectivity index (χ1v) is 6.59. The fourth-order valence-electron chi connectivity index (χ4n) is 1.91. The van der Waals surface area contributed by atoms with Crippen LogP contribution < -0.4 is 10.1 Å². The Morgan fingerprint density at radius 3 is 2.33 bits per heavy atom. The molecule has 1 N–H and O–H groups in total. The van der Waals surface area contributed by atoms with Crippen molar-refractivity contribution >= 4 is 0 Å². The van der Waals surface area contributed by atoms with Crippen LogP contribution in [0.25, 0.3) is 0 Å². The molecule has 0 aliphatic rings. The van der Waals surface area contributed by atoms with Gasteiger partial charge in [-0.25, -0.2) is 0 Å². The van der Waals surface area contributed by atoms with Crippen LogP contribution in [-0.2, 0) is 6.42 Å². The topological polar surface area (TPSA) is 21.3 Å². The van der Waals surface area contributed by atoms with E-state index in [0.29, 0.717) is 18.7 Å². The van der Waals surface area contributed by atoms with Gasteiger partial charge in [0, 0.05) is 12.1 Å². The van der Waals surface area contributed by atoms with Gasteiger partial charge in [-0.1, -0.05) is 32.6 Å². The zero-order valence-corrected chi connectivity index (χ0v) is 12.0. The molecule has 0 spiro atoms. The summed E-state index contributed by atoms with van der Waals surface area (Å²) in [6.45, 7) is 12.9. The molecule has 18 heavy (non-hydrogen) atoms. The highest BCUT2D eigenvalue weighted by Gasteiger charge is 2.05. The lowest BCUT2D eigenvalue weighted by atomic mass is 10.1. The van der Waals surface area contributed by atoms with Crippen LogP contribution in [0.15, 0.2) is 36.4 Å². The summed E-state index contributed by atoms with van der Waals surface area (Å²) in [7, 11) is 0. The number of hydrogen-bond donors (Lipinski definition) is 1. The Kier molecular flexibility index (Phi) is 5.93. The molecule has 2 heteroatoms. The Morgan fingerprint density at radius 2 is 1.83 bits per heavy atom. The van der Waals surface area contributed by atoms with Gasteiger partial charge in [-0.15, -0.1) is 0 Å². The molecule has 0 saturated carbocycles. The molecule has 0 aliphatic carbocycles. The first kappa shape index (κ1) is 14.8. The maximum absolute atomic E-state index is 5.58. The second-order valence-electron chi connectivity index (χ2n) is 5.32. The molecule has 0 radical (unpaired) electrons. The van der Waals surface area contributed by atoms with Gasteiger partial charge in [0.1, 0.15) is 12.4 Å². The standard InChI is InChI=1S/C16H25NO/c1-12(2)11-18-16-8-6-15(7-9-16)10-14(5)17-13(3)4/h6-9,13-14,17H,1,10-11H2,2-5H3. The quantitative estimate of drug-likeness (QED) is 0.744. The van der Waals surface area contributed by atoms with Crippen molar-refractivity contribution in [1.29, 1.82) is 0 Å². The lowest BCUT2D eigenvalue weighted by Gasteiger charge is -2.17.